The number of nitrogens with zero attached hydrogens (tertiary/aromatic N) is 1. The molecule has 0 atom stereocenters. The molecule has 1 aromatic carbocycles. The minimum atomic E-state index is 0.706. The topological polar surface area (TPSA) is 18.5 Å². The van der Waals surface area contributed by atoms with Crippen molar-refractivity contribution in [3.05, 3.63) is 18.2 Å². The van der Waals surface area contributed by atoms with Crippen LogP contribution in [-0.2, 0) is 0 Å². The summed E-state index contributed by atoms with van der Waals surface area (Å²) in [4.78, 5) is 0. The molecule has 0 amide bonds. The lowest BCUT2D eigenvalue weighted by Gasteiger charge is -2.40. The summed E-state index contributed by atoms with van der Waals surface area (Å²) in [5.41, 5.74) is 1.27. The van der Waals surface area contributed by atoms with Crippen LogP contribution in [0.25, 0.3) is 0 Å². The highest BCUT2D eigenvalue weighted by molar-refractivity contribution is 5.60. The molecule has 0 radical (unpaired) electrons. The average molecular weight is 236 g/mol. The number of benzene rings is 1. The van der Waals surface area contributed by atoms with E-state index in [9.17, 15) is 0 Å². The van der Waals surface area contributed by atoms with Gasteiger partial charge in [-0.1, -0.05) is 0 Å². The second-order valence-corrected chi connectivity index (χ2v) is 4.41. The van der Waals surface area contributed by atoms with Crippen LogP contribution in [0.1, 0.15) is 20.8 Å². The zero-order valence-electron chi connectivity index (χ0n) is 11.0. The van der Waals surface area contributed by atoms with E-state index in [1.807, 2.05) is 19.1 Å². The highest BCUT2D eigenvalue weighted by atomic mass is 16.5. The SMILES string of the molecule is CCOc1ccc2c(c1)[N+](CC)(CC)CCO2. The van der Waals surface area contributed by atoms with Crippen molar-refractivity contribution in [1.29, 1.82) is 0 Å². The number of hydrogen-bond acceptors (Lipinski definition) is 2. The zero-order valence-corrected chi connectivity index (χ0v) is 11.0. The van der Waals surface area contributed by atoms with Crippen molar-refractivity contribution >= 4 is 5.69 Å². The molecule has 1 heterocycles. The fourth-order valence-corrected chi connectivity index (χ4v) is 2.58. The van der Waals surface area contributed by atoms with Crippen LogP contribution in [0.3, 0.4) is 0 Å². The number of rotatable bonds is 4. The Morgan fingerprint density at radius 1 is 1.24 bits per heavy atom. The lowest BCUT2D eigenvalue weighted by Crippen LogP contribution is -2.53. The summed E-state index contributed by atoms with van der Waals surface area (Å²) in [6.45, 7) is 11.3. The molecule has 0 aromatic heterocycles. The van der Waals surface area contributed by atoms with Crippen LogP contribution >= 0.6 is 0 Å². The van der Waals surface area contributed by atoms with E-state index in [1.54, 1.807) is 0 Å². The molecule has 17 heavy (non-hydrogen) atoms. The van der Waals surface area contributed by atoms with Gasteiger partial charge in [0.1, 0.15) is 18.9 Å². The minimum Gasteiger partial charge on any atom is -0.494 e. The van der Waals surface area contributed by atoms with Gasteiger partial charge in [-0.2, -0.15) is 0 Å². The molecule has 0 saturated heterocycles. The predicted molar refractivity (Wildman–Crippen MR) is 70.8 cm³/mol. The molecular weight excluding hydrogens is 214 g/mol. The van der Waals surface area contributed by atoms with E-state index in [1.165, 1.54) is 5.69 Å². The van der Waals surface area contributed by atoms with Crippen LogP contribution < -0.4 is 14.0 Å². The van der Waals surface area contributed by atoms with Crippen LogP contribution in [0.4, 0.5) is 5.69 Å². The summed E-state index contributed by atoms with van der Waals surface area (Å²) < 4.78 is 12.3. The molecule has 1 aliphatic rings. The summed E-state index contributed by atoms with van der Waals surface area (Å²) in [6, 6.07) is 6.18. The highest BCUT2D eigenvalue weighted by Gasteiger charge is 2.34. The molecule has 0 spiro atoms. The standard InChI is InChI=1S/C14H22NO2/c1-4-15(5-2)9-10-17-14-8-7-12(16-6-3)11-13(14)15/h7-8,11H,4-6,9-10H2,1-3H3/q+1. The number of fused-ring (bicyclic) bond motifs is 1. The Bertz CT molecular complexity index is 386. The van der Waals surface area contributed by atoms with Gasteiger partial charge in [0.05, 0.1) is 19.7 Å². The maximum absolute atomic E-state index is 5.74. The Morgan fingerprint density at radius 3 is 2.65 bits per heavy atom. The first-order valence-corrected chi connectivity index (χ1v) is 6.52. The van der Waals surface area contributed by atoms with Crippen molar-refractivity contribution in [2.75, 3.05) is 32.8 Å². The van der Waals surface area contributed by atoms with Gasteiger partial charge in [0.15, 0.2) is 11.4 Å². The smallest absolute Gasteiger partial charge is 0.180 e. The van der Waals surface area contributed by atoms with E-state index in [4.69, 9.17) is 9.47 Å². The lowest BCUT2D eigenvalue weighted by atomic mass is 10.1. The van der Waals surface area contributed by atoms with Gasteiger partial charge in [-0.25, -0.2) is 0 Å². The summed E-state index contributed by atoms with van der Waals surface area (Å²) >= 11 is 0. The van der Waals surface area contributed by atoms with Crippen LogP contribution in [0.5, 0.6) is 11.5 Å². The zero-order chi connectivity index (χ0) is 12.3. The van der Waals surface area contributed by atoms with E-state index < -0.39 is 0 Å². The Labute approximate surface area is 104 Å². The van der Waals surface area contributed by atoms with Crippen molar-refractivity contribution < 1.29 is 9.47 Å². The molecule has 3 nitrogen and oxygen atoms in total. The molecule has 94 valence electrons. The molecule has 1 aromatic rings. The van der Waals surface area contributed by atoms with Crippen LogP contribution in [0.2, 0.25) is 0 Å². The average Bonchev–Trinajstić information content (AvgIpc) is 2.38. The molecule has 1 aliphatic heterocycles. The Morgan fingerprint density at radius 2 is 2.00 bits per heavy atom. The maximum Gasteiger partial charge on any atom is 0.180 e. The molecular formula is C14H22NO2+. The molecule has 0 bridgehead atoms. The van der Waals surface area contributed by atoms with Crippen LogP contribution in [-0.4, -0.2) is 32.8 Å². The highest BCUT2D eigenvalue weighted by Crippen LogP contribution is 2.39. The summed E-state index contributed by atoms with van der Waals surface area (Å²) in [5, 5.41) is 0. The van der Waals surface area contributed by atoms with Gasteiger partial charge in [0.2, 0.25) is 0 Å². The third-order valence-electron chi connectivity index (χ3n) is 3.74. The minimum absolute atomic E-state index is 0.706. The fourth-order valence-electron chi connectivity index (χ4n) is 2.58. The van der Waals surface area contributed by atoms with Crippen molar-refractivity contribution in [3.8, 4) is 11.5 Å². The van der Waals surface area contributed by atoms with Crippen molar-refractivity contribution in [2.45, 2.75) is 20.8 Å². The molecule has 3 heteroatoms. The second-order valence-electron chi connectivity index (χ2n) is 4.41. The first-order valence-electron chi connectivity index (χ1n) is 6.52. The summed E-state index contributed by atoms with van der Waals surface area (Å²) in [6.07, 6.45) is 0. The van der Waals surface area contributed by atoms with E-state index >= 15 is 0 Å². The van der Waals surface area contributed by atoms with Gasteiger partial charge in [-0.3, -0.25) is 4.48 Å². The van der Waals surface area contributed by atoms with Gasteiger partial charge in [0.25, 0.3) is 0 Å². The van der Waals surface area contributed by atoms with Gasteiger partial charge in [0, 0.05) is 6.07 Å². The second kappa shape index (κ2) is 4.96. The third-order valence-corrected chi connectivity index (χ3v) is 3.74. The first kappa shape index (κ1) is 12.2. The van der Waals surface area contributed by atoms with Gasteiger partial charge in [-0.15, -0.1) is 0 Å². The van der Waals surface area contributed by atoms with E-state index in [0.29, 0.717) is 6.61 Å². The number of hydrogen-bond donors (Lipinski definition) is 0. The van der Waals surface area contributed by atoms with E-state index in [0.717, 1.165) is 42.2 Å². The van der Waals surface area contributed by atoms with Gasteiger partial charge < -0.3 is 9.47 Å². The van der Waals surface area contributed by atoms with Crippen LogP contribution in [0, 0.1) is 0 Å². The van der Waals surface area contributed by atoms with Crippen molar-refractivity contribution in [2.24, 2.45) is 0 Å². The maximum atomic E-state index is 5.74. The number of likely N-dealkylation sites (N-methyl/N-ethyl adjacent to an activating group) is 1. The normalized spacial score (nSPS) is 17.1. The number of quaternary nitrogens is 1. The molecule has 0 saturated carbocycles. The van der Waals surface area contributed by atoms with Crippen molar-refractivity contribution in [1.82, 2.24) is 4.48 Å². The summed E-state index contributed by atoms with van der Waals surface area (Å²) in [5.74, 6) is 1.96. The fraction of sp³-hybridized carbons (Fsp3) is 0.571. The van der Waals surface area contributed by atoms with Crippen molar-refractivity contribution in [3.63, 3.8) is 0 Å². The van der Waals surface area contributed by atoms with Gasteiger partial charge in [-0.05, 0) is 32.9 Å². The van der Waals surface area contributed by atoms with E-state index in [-0.39, 0.29) is 0 Å². The molecule has 0 unspecified atom stereocenters. The van der Waals surface area contributed by atoms with E-state index in [2.05, 4.69) is 19.9 Å². The molecule has 0 aliphatic carbocycles. The number of ether oxygens (including phenoxy) is 2. The monoisotopic (exact) mass is 236 g/mol. The third kappa shape index (κ3) is 2.12. The Hall–Kier alpha value is -1.22. The molecule has 0 N–H and O–H groups in total. The lowest BCUT2D eigenvalue weighted by molar-refractivity contribution is 0.185. The Kier molecular flexibility index (Phi) is 3.57. The molecule has 0 fully saturated rings. The van der Waals surface area contributed by atoms with Crippen LogP contribution in [0.15, 0.2) is 18.2 Å². The predicted octanol–water partition coefficient (Wildman–Crippen LogP) is 2.82. The quantitative estimate of drug-likeness (QED) is 0.748. The summed E-state index contributed by atoms with van der Waals surface area (Å²) in [7, 11) is 0. The van der Waals surface area contributed by atoms with Gasteiger partial charge >= 0.3 is 0 Å². The largest absolute Gasteiger partial charge is 0.494 e. The Balaban J connectivity index is 2.43. The molecule has 2 rings (SSSR count). The first-order chi connectivity index (χ1) is 8.25.